The van der Waals surface area contributed by atoms with Gasteiger partial charge in [0.15, 0.2) is 0 Å². The van der Waals surface area contributed by atoms with Crippen LogP contribution in [0.3, 0.4) is 0 Å². The summed E-state index contributed by atoms with van der Waals surface area (Å²) in [6, 6.07) is -0.615. The average molecular weight is 329 g/mol. The molecule has 1 N–H and O–H groups in total. The minimum Gasteiger partial charge on any atom is -0.464 e. The van der Waals surface area contributed by atoms with E-state index in [2.05, 4.69) is 12.2 Å². The molecule has 0 aliphatic heterocycles. The molecular weight excluding hydrogens is 294 g/mol. The van der Waals surface area contributed by atoms with Gasteiger partial charge in [0.1, 0.15) is 6.04 Å². The monoisotopic (exact) mass is 329 g/mol. The van der Waals surface area contributed by atoms with Crippen molar-refractivity contribution in [3.63, 3.8) is 0 Å². The normalized spacial score (nSPS) is 12.0. The summed E-state index contributed by atoms with van der Waals surface area (Å²) in [6.07, 6.45) is 7.67. The summed E-state index contributed by atoms with van der Waals surface area (Å²) in [7, 11) is 0. The third-order valence-electron chi connectivity index (χ3n) is 3.44. The fraction of sp³-hybridized carbons (Fsp3) is 0.889. The van der Waals surface area contributed by atoms with E-state index >= 15 is 0 Å². The van der Waals surface area contributed by atoms with E-state index in [-0.39, 0.29) is 11.9 Å². The number of hydrogen-bond donors (Lipinski definition) is 1. The van der Waals surface area contributed by atoms with E-state index in [1.807, 2.05) is 20.8 Å². The molecule has 5 heteroatoms. The standard InChI is InChI=1S/C18H35NO4/c1-5-7-8-9-10-11-13-22-18(21)19-16(12-6-2)17(20)23-14-15(3)4/h15-16H,5-14H2,1-4H3,(H,19,21)/t16-/m0/s1. The molecule has 0 heterocycles. The van der Waals surface area contributed by atoms with Gasteiger partial charge in [-0.3, -0.25) is 0 Å². The second kappa shape index (κ2) is 14.3. The molecule has 23 heavy (non-hydrogen) atoms. The second-order valence-electron chi connectivity index (χ2n) is 6.41. The van der Waals surface area contributed by atoms with E-state index in [4.69, 9.17) is 9.47 Å². The molecule has 0 bridgehead atoms. The number of alkyl carbamates (subject to hydrolysis) is 1. The summed E-state index contributed by atoms with van der Waals surface area (Å²) in [6.45, 7) is 8.87. The number of carbonyl (C=O) groups excluding carboxylic acids is 2. The minimum absolute atomic E-state index is 0.279. The molecule has 136 valence electrons. The third-order valence-corrected chi connectivity index (χ3v) is 3.44. The Morgan fingerprint density at radius 2 is 1.57 bits per heavy atom. The molecule has 0 aliphatic carbocycles. The lowest BCUT2D eigenvalue weighted by molar-refractivity contribution is -0.147. The summed E-state index contributed by atoms with van der Waals surface area (Å²) < 4.78 is 10.3. The van der Waals surface area contributed by atoms with Crippen LogP contribution in [0, 0.1) is 5.92 Å². The van der Waals surface area contributed by atoms with Crippen molar-refractivity contribution in [2.24, 2.45) is 5.92 Å². The maximum atomic E-state index is 12.0. The summed E-state index contributed by atoms with van der Waals surface area (Å²) >= 11 is 0. The predicted octanol–water partition coefficient (Wildman–Crippen LogP) is 4.44. The molecule has 0 unspecified atom stereocenters. The van der Waals surface area contributed by atoms with Crippen LogP contribution in [-0.2, 0) is 14.3 Å². The molecular formula is C18H35NO4. The smallest absolute Gasteiger partial charge is 0.407 e. The molecule has 0 aromatic carbocycles. The highest BCUT2D eigenvalue weighted by molar-refractivity contribution is 5.81. The van der Waals surface area contributed by atoms with Gasteiger partial charge < -0.3 is 14.8 Å². The van der Waals surface area contributed by atoms with Crippen molar-refractivity contribution < 1.29 is 19.1 Å². The lowest BCUT2D eigenvalue weighted by Crippen LogP contribution is -2.42. The Morgan fingerprint density at radius 3 is 2.17 bits per heavy atom. The molecule has 1 atom stereocenters. The molecule has 0 aromatic rings. The van der Waals surface area contributed by atoms with Crippen molar-refractivity contribution in [1.82, 2.24) is 5.32 Å². The zero-order valence-corrected chi connectivity index (χ0v) is 15.4. The van der Waals surface area contributed by atoms with Gasteiger partial charge in [-0.05, 0) is 18.8 Å². The summed E-state index contributed by atoms with van der Waals surface area (Å²) in [5.41, 5.74) is 0. The molecule has 0 spiro atoms. The summed E-state index contributed by atoms with van der Waals surface area (Å²) in [5.74, 6) is -0.0991. The van der Waals surface area contributed by atoms with Gasteiger partial charge in [-0.1, -0.05) is 66.2 Å². The van der Waals surface area contributed by atoms with Crippen LogP contribution in [0.15, 0.2) is 0 Å². The Labute approximate surface area is 141 Å². The highest BCUT2D eigenvalue weighted by Gasteiger charge is 2.22. The minimum atomic E-state index is -0.615. The Hall–Kier alpha value is -1.26. The number of unbranched alkanes of at least 4 members (excludes halogenated alkanes) is 5. The zero-order chi connectivity index (χ0) is 17.5. The number of nitrogens with one attached hydrogen (secondary N) is 1. The fourth-order valence-electron chi connectivity index (χ4n) is 2.12. The first kappa shape index (κ1) is 21.7. The molecule has 5 nitrogen and oxygen atoms in total. The van der Waals surface area contributed by atoms with Gasteiger partial charge in [-0.2, -0.15) is 0 Å². The first-order valence-corrected chi connectivity index (χ1v) is 9.11. The molecule has 0 saturated carbocycles. The number of rotatable bonds is 13. The maximum Gasteiger partial charge on any atom is 0.407 e. The van der Waals surface area contributed by atoms with E-state index in [1.165, 1.54) is 25.7 Å². The van der Waals surface area contributed by atoms with E-state index < -0.39 is 12.1 Å². The van der Waals surface area contributed by atoms with Gasteiger partial charge in [0.2, 0.25) is 0 Å². The Balaban J connectivity index is 3.93. The SMILES string of the molecule is CCCCCCCCOC(=O)N[C@@H](CCC)C(=O)OCC(C)C. The maximum absolute atomic E-state index is 12.0. The Kier molecular flexibility index (Phi) is 13.6. The lowest BCUT2D eigenvalue weighted by Gasteiger charge is -2.17. The predicted molar refractivity (Wildman–Crippen MR) is 92.4 cm³/mol. The first-order valence-electron chi connectivity index (χ1n) is 9.11. The highest BCUT2D eigenvalue weighted by atomic mass is 16.6. The van der Waals surface area contributed by atoms with Crippen LogP contribution in [0.25, 0.3) is 0 Å². The van der Waals surface area contributed by atoms with Crippen LogP contribution in [-0.4, -0.2) is 31.3 Å². The molecule has 0 aliphatic rings. The van der Waals surface area contributed by atoms with Crippen molar-refractivity contribution >= 4 is 12.1 Å². The number of ether oxygens (including phenoxy) is 2. The summed E-state index contributed by atoms with van der Waals surface area (Å²) in [4.78, 5) is 23.7. The van der Waals surface area contributed by atoms with Gasteiger partial charge in [0.05, 0.1) is 13.2 Å². The van der Waals surface area contributed by atoms with Crippen LogP contribution in [0.2, 0.25) is 0 Å². The van der Waals surface area contributed by atoms with E-state index in [9.17, 15) is 9.59 Å². The van der Waals surface area contributed by atoms with Crippen LogP contribution in [0.4, 0.5) is 4.79 Å². The average Bonchev–Trinajstić information content (AvgIpc) is 2.51. The van der Waals surface area contributed by atoms with E-state index in [0.29, 0.717) is 19.6 Å². The lowest BCUT2D eigenvalue weighted by atomic mass is 10.1. The van der Waals surface area contributed by atoms with Gasteiger partial charge in [-0.15, -0.1) is 0 Å². The molecule has 1 amide bonds. The van der Waals surface area contributed by atoms with Crippen molar-refractivity contribution in [1.29, 1.82) is 0 Å². The third kappa shape index (κ3) is 12.9. The number of esters is 1. The van der Waals surface area contributed by atoms with Crippen molar-refractivity contribution in [3.8, 4) is 0 Å². The molecule has 0 fully saturated rings. The van der Waals surface area contributed by atoms with Gasteiger partial charge >= 0.3 is 12.1 Å². The van der Waals surface area contributed by atoms with Crippen LogP contribution >= 0.6 is 0 Å². The van der Waals surface area contributed by atoms with Crippen molar-refractivity contribution in [2.45, 2.75) is 85.1 Å². The van der Waals surface area contributed by atoms with Gasteiger partial charge in [0.25, 0.3) is 0 Å². The zero-order valence-electron chi connectivity index (χ0n) is 15.4. The Morgan fingerprint density at radius 1 is 0.913 bits per heavy atom. The van der Waals surface area contributed by atoms with Crippen LogP contribution < -0.4 is 5.32 Å². The van der Waals surface area contributed by atoms with Crippen LogP contribution in [0.1, 0.15) is 79.1 Å². The highest BCUT2D eigenvalue weighted by Crippen LogP contribution is 2.06. The molecule has 0 aromatic heterocycles. The topological polar surface area (TPSA) is 64.6 Å². The van der Waals surface area contributed by atoms with Gasteiger partial charge in [0, 0.05) is 0 Å². The largest absolute Gasteiger partial charge is 0.464 e. The quantitative estimate of drug-likeness (QED) is 0.401. The number of amides is 1. The second-order valence-corrected chi connectivity index (χ2v) is 6.41. The van der Waals surface area contributed by atoms with E-state index in [1.54, 1.807) is 0 Å². The number of hydrogen-bond acceptors (Lipinski definition) is 4. The first-order chi connectivity index (χ1) is 11.0. The molecule has 0 rings (SSSR count). The number of carbonyl (C=O) groups is 2. The van der Waals surface area contributed by atoms with Crippen LogP contribution in [0.5, 0.6) is 0 Å². The van der Waals surface area contributed by atoms with Crippen molar-refractivity contribution in [2.75, 3.05) is 13.2 Å². The van der Waals surface area contributed by atoms with Gasteiger partial charge in [-0.25, -0.2) is 9.59 Å². The molecule has 0 radical (unpaired) electrons. The van der Waals surface area contributed by atoms with Crippen molar-refractivity contribution in [3.05, 3.63) is 0 Å². The molecule has 0 saturated heterocycles. The van der Waals surface area contributed by atoms with E-state index in [0.717, 1.165) is 19.3 Å². The Bertz CT molecular complexity index is 318. The fourth-order valence-corrected chi connectivity index (χ4v) is 2.12. The summed E-state index contributed by atoms with van der Waals surface area (Å²) in [5, 5.41) is 2.62.